The fourth-order valence-electron chi connectivity index (χ4n) is 7.89. The molecule has 0 N–H and O–H groups in total. The summed E-state index contributed by atoms with van der Waals surface area (Å²) in [6.07, 6.45) is 8.30. The summed E-state index contributed by atoms with van der Waals surface area (Å²) in [4.78, 5) is 0. The molecule has 0 atom stereocenters. The summed E-state index contributed by atoms with van der Waals surface area (Å²) in [5.74, 6) is 0. The molecule has 0 aliphatic heterocycles. The van der Waals surface area contributed by atoms with Gasteiger partial charge in [0.1, 0.15) is 0 Å². The van der Waals surface area contributed by atoms with E-state index in [0.29, 0.717) is 21.7 Å². The monoisotopic (exact) mass is 316 g/mol. The summed E-state index contributed by atoms with van der Waals surface area (Å²) < 4.78 is 0. The molecule has 0 aromatic heterocycles. The van der Waals surface area contributed by atoms with Crippen LogP contribution in [0.4, 0.5) is 0 Å². The van der Waals surface area contributed by atoms with Crippen molar-refractivity contribution < 1.29 is 0 Å². The molecule has 0 nitrogen and oxygen atoms in total. The fraction of sp³-hybridized carbons (Fsp3) is 0.500. The molecule has 0 heteroatoms. The topological polar surface area (TPSA) is 0 Å². The van der Waals surface area contributed by atoms with Gasteiger partial charge in [0.25, 0.3) is 0 Å². The minimum atomic E-state index is 0.384. The summed E-state index contributed by atoms with van der Waals surface area (Å²) in [5.41, 5.74) is 4.96. The molecule has 4 aliphatic rings. The molecule has 124 valence electrons. The van der Waals surface area contributed by atoms with Crippen molar-refractivity contribution in [2.75, 3.05) is 0 Å². The predicted molar refractivity (Wildman–Crippen MR) is 100 cm³/mol. The molecule has 4 bridgehead atoms. The van der Waals surface area contributed by atoms with Crippen LogP contribution in [-0.2, 0) is 10.8 Å². The van der Waals surface area contributed by atoms with E-state index in [0.717, 1.165) is 0 Å². The fourth-order valence-corrected chi connectivity index (χ4v) is 7.89. The molecule has 0 amide bonds. The zero-order valence-electron chi connectivity index (χ0n) is 15.0. The highest BCUT2D eigenvalue weighted by molar-refractivity contribution is 5.39. The molecule has 0 unspecified atom stereocenters. The van der Waals surface area contributed by atoms with Crippen LogP contribution in [0, 0.1) is 10.8 Å². The van der Waals surface area contributed by atoms with E-state index in [-0.39, 0.29) is 0 Å². The summed E-state index contributed by atoms with van der Waals surface area (Å²) in [6.45, 7) is 5.16. The largest absolute Gasteiger partial charge is 0.0622 e. The van der Waals surface area contributed by atoms with Crippen LogP contribution < -0.4 is 0 Å². The van der Waals surface area contributed by atoms with Crippen LogP contribution in [0.15, 0.2) is 60.7 Å². The highest BCUT2D eigenvalue weighted by Gasteiger charge is 2.66. The Morgan fingerprint density at radius 3 is 1.25 bits per heavy atom. The molecule has 0 saturated heterocycles. The standard InChI is InChI=1S/C24H28/c1-21-13-22(2)16-23(14-21,19-9-5-3-6-10-19)18-24(15-21,17-22)20-11-7-4-8-12-20/h3-12H,13-18H2,1-2H3. The van der Waals surface area contributed by atoms with Crippen molar-refractivity contribution in [2.45, 2.75) is 63.2 Å². The third-order valence-corrected chi connectivity index (χ3v) is 7.36. The quantitative estimate of drug-likeness (QED) is 0.613. The Kier molecular flexibility index (Phi) is 2.79. The lowest BCUT2D eigenvalue weighted by atomic mass is 9.34. The average molecular weight is 316 g/mol. The number of rotatable bonds is 2. The molecule has 6 rings (SSSR count). The zero-order valence-corrected chi connectivity index (χ0v) is 15.0. The minimum Gasteiger partial charge on any atom is -0.0622 e. The van der Waals surface area contributed by atoms with Gasteiger partial charge in [-0.05, 0) is 71.3 Å². The van der Waals surface area contributed by atoms with E-state index in [1.54, 1.807) is 11.1 Å². The van der Waals surface area contributed by atoms with Gasteiger partial charge in [-0.15, -0.1) is 0 Å². The SMILES string of the molecule is CC12CC3(C)CC(c4ccccc4)(C1)CC(c1ccccc1)(C2)C3. The Morgan fingerprint density at radius 1 is 0.500 bits per heavy atom. The molecule has 24 heavy (non-hydrogen) atoms. The van der Waals surface area contributed by atoms with Gasteiger partial charge in [-0.25, -0.2) is 0 Å². The van der Waals surface area contributed by atoms with Gasteiger partial charge in [-0.1, -0.05) is 74.5 Å². The zero-order chi connectivity index (χ0) is 16.5. The van der Waals surface area contributed by atoms with Crippen LogP contribution in [0.2, 0.25) is 0 Å². The predicted octanol–water partition coefficient (Wildman–Crippen LogP) is 6.26. The van der Waals surface area contributed by atoms with Crippen molar-refractivity contribution in [3.63, 3.8) is 0 Å². The summed E-state index contributed by atoms with van der Waals surface area (Å²) in [5, 5.41) is 0. The van der Waals surface area contributed by atoms with E-state index in [1.807, 2.05) is 0 Å². The Balaban J connectivity index is 1.70. The lowest BCUT2D eigenvalue weighted by Crippen LogP contribution is -2.62. The Bertz CT molecular complexity index is 678. The summed E-state index contributed by atoms with van der Waals surface area (Å²) in [7, 11) is 0. The maximum atomic E-state index is 2.58. The van der Waals surface area contributed by atoms with E-state index < -0.39 is 0 Å². The van der Waals surface area contributed by atoms with Crippen LogP contribution in [0.1, 0.15) is 63.5 Å². The van der Waals surface area contributed by atoms with Crippen LogP contribution in [-0.4, -0.2) is 0 Å². The van der Waals surface area contributed by atoms with Crippen LogP contribution in [0.5, 0.6) is 0 Å². The van der Waals surface area contributed by atoms with Crippen LogP contribution in [0.25, 0.3) is 0 Å². The van der Waals surface area contributed by atoms with Crippen molar-refractivity contribution >= 4 is 0 Å². The highest BCUT2D eigenvalue weighted by Crippen LogP contribution is 2.74. The summed E-state index contributed by atoms with van der Waals surface area (Å²) in [6, 6.07) is 22.9. The third kappa shape index (κ3) is 1.98. The molecule has 4 aliphatic carbocycles. The molecule has 0 heterocycles. The van der Waals surface area contributed by atoms with Crippen molar-refractivity contribution in [3.8, 4) is 0 Å². The van der Waals surface area contributed by atoms with E-state index in [4.69, 9.17) is 0 Å². The molecule has 4 saturated carbocycles. The van der Waals surface area contributed by atoms with Gasteiger partial charge in [0, 0.05) is 0 Å². The Morgan fingerprint density at radius 2 is 0.875 bits per heavy atom. The van der Waals surface area contributed by atoms with Gasteiger partial charge in [0.15, 0.2) is 0 Å². The molecule has 2 aromatic carbocycles. The van der Waals surface area contributed by atoms with Crippen molar-refractivity contribution in [2.24, 2.45) is 10.8 Å². The van der Waals surface area contributed by atoms with Gasteiger partial charge in [0.05, 0.1) is 0 Å². The first-order chi connectivity index (χ1) is 11.5. The normalized spacial score (nSPS) is 43.1. The first-order valence-electron chi connectivity index (χ1n) is 9.56. The molecule has 0 radical (unpaired) electrons. The minimum absolute atomic E-state index is 0.384. The second-order valence-corrected chi connectivity index (χ2v) is 9.97. The van der Waals surface area contributed by atoms with Crippen molar-refractivity contribution in [1.82, 2.24) is 0 Å². The number of benzene rings is 2. The lowest BCUT2D eigenvalue weighted by Gasteiger charge is -2.70. The first-order valence-corrected chi connectivity index (χ1v) is 9.56. The van der Waals surface area contributed by atoms with Gasteiger partial charge in [-0.3, -0.25) is 0 Å². The second kappa shape index (κ2) is 4.54. The third-order valence-electron chi connectivity index (χ3n) is 7.36. The van der Waals surface area contributed by atoms with Crippen molar-refractivity contribution in [1.29, 1.82) is 0 Å². The Labute approximate surface area is 146 Å². The van der Waals surface area contributed by atoms with Gasteiger partial charge < -0.3 is 0 Å². The van der Waals surface area contributed by atoms with Gasteiger partial charge in [-0.2, -0.15) is 0 Å². The molecule has 2 aromatic rings. The molecule has 4 fully saturated rings. The van der Waals surface area contributed by atoms with E-state index in [2.05, 4.69) is 74.5 Å². The van der Waals surface area contributed by atoms with Crippen LogP contribution in [0.3, 0.4) is 0 Å². The lowest BCUT2D eigenvalue weighted by molar-refractivity contribution is -0.126. The van der Waals surface area contributed by atoms with Crippen molar-refractivity contribution in [3.05, 3.63) is 71.8 Å². The maximum Gasteiger partial charge on any atom is -0.00281 e. The summed E-state index contributed by atoms with van der Waals surface area (Å²) >= 11 is 0. The van der Waals surface area contributed by atoms with E-state index >= 15 is 0 Å². The average Bonchev–Trinajstić information content (AvgIpc) is 2.53. The second-order valence-electron chi connectivity index (χ2n) is 9.97. The maximum absolute atomic E-state index is 2.58. The highest BCUT2D eigenvalue weighted by atomic mass is 14.7. The van der Waals surface area contributed by atoms with Gasteiger partial charge >= 0.3 is 0 Å². The van der Waals surface area contributed by atoms with E-state index in [9.17, 15) is 0 Å². The first kappa shape index (κ1) is 14.8. The number of hydrogen-bond acceptors (Lipinski definition) is 0. The van der Waals surface area contributed by atoms with Gasteiger partial charge in [0.2, 0.25) is 0 Å². The molecular formula is C24H28. The molecule has 0 spiro atoms. The van der Waals surface area contributed by atoms with E-state index in [1.165, 1.54) is 38.5 Å². The Hall–Kier alpha value is -1.56. The smallest absolute Gasteiger partial charge is 0.00281 e. The molecular weight excluding hydrogens is 288 g/mol. The van der Waals surface area contributed by atoms with Crippen LogP contribution >= 0.6 is 0 Å². The number of hydrogen-bond donors (Lipinski definition) is 0.